The van der Waals surface area contributed by atoms with Gasteiger partial charge in [0.2, 0.25) is 0 Å². The zero-order valence-electron chi connectivity index (χ0n) is 10.2. The minimum atomic E-state index is -3.39. The smallest absolute Gasteiger partial charge is 0.282 e. The molecule has 8 heteroatoms. The Morgan fingerprint density at radius 2 is 2.00 bits per heavy atom. The average molecular weight is 293 g/mol. The van der Waals surface area contributed by atoms with Gasteiger partial charge < -0.3 is 10.5 Å². The molecule has 0 aromatic carbocycles. The first-order chi connectivity index (χ1) is 8.51. The van der Waals surface area contributed by atoms with Crippen molar-refractivity contribution >= 4 is 27.4 Å². The minimum absolute atomic E-state index is 0.132. The molecule has 1 saturated carbocycles. The molecule has 1 aliphatic carbocycles. The van der Waals surface area contributed by atoms with Gasteiger partial charge in [0.15, 0.2) is 0 Å². The van der Waals surface area contributed by atoms with E-state index in [4.69, 9.17) is 22.7 Å². The lowest BCUT2D eigenvalue weighted by atomic mass is 10.4. The number of nitrogens with zero attached hydrogens (tertiary/aromatic N) is 2. The highest BCUT2D eigenvalue weighted by Crippen LogP contribution is 2.30. The van der Waals surface area contributed by atoms with Crippen molar-refractivity contribution in [3.8, 4) is 0 Å². The lowest BCUT2D eigenvalue weighted by Crippen LogP contribution is -2.49. The van der Waals surface area contributed by atoms with Gasteiger partial charge in [-0.25, -0.2) is 0 Å². The molecular formula is C10H19N3O3S2. The van der Waals surface area contributed by atoms with E-state index in [0.29, 0.717) is 44.3 Å². The van der Waals surface area contributed by atoms with Crippen molar-refractivity contribution in [1.29, 1.82) is 0 Å². The highest BCUT2D eigenvalue weighted by atomic mass is 32.2. The zero-order valence-corrected chi connectivity index (χ0v) is 11.9. The predicted octanol–water partition coefficient (Wildman–Crippen LogP) is -0.296. The van der Waals surface area contributed by atoms with Crippen LogP contribution in [0, 0.1) is 0 Å². The summed E-state index contributed by atoms with van der Waals surface area (Å²) in [5.41, 5.74) is 5.46. The molecule has 2 fully saturated rings. The van der Waals surface area contributed by atoms with E-state index in [1.54, 1.807) is 4.31 Å². The molecule has 0 aromatic rings. The monoisotopic (exact) mass is 293 g/mol. The van der Waals surface area contributed by atoms with Crippen LogP contribution in [0.3, 0.4) is 0 Å². The Labute approximate surface area is 113 Å². The fourth-order valence-corrected chi connectivity index (χ4v) is 3.90. The van der Waals surface area contributed by atoms with E-state index < -0.39 is 10.2 Å². The van der Waals surface area contributed by atoms with E-state index in [1.807, 2.05) is 0 Å². The highest BCUT2D eigenvalue weighted by Gasteiger charge is 2.40. The quantitative estimate of drug-likeness (QED) is 0.681. The molecule has 0 amide bonds. The van der Waals surface area contributed by atoms with Crippen LogP contribution in [0.25, 0.3) is 0 Å². The van der Waals surface area contributed by atoms with Crippen LogP contribution in [-0.4, -0.2) is 60.9 Å². The fraction of sp³-hybridized carbons (Fsp3) is 0.900. The summed E-state index contributed by atoms with van der Waals surface area (Å²) in [4.78, 5) is 0.359. The lowest BCUT2D eigenvalue weighted by Gasteiger charge is -2.32. The van der Waals surface area contributed by atoms with Gasteiger partial charge in [0.25, 0.3) is 10.2 Å². The van der Waals surface area contributed by atoms with Crippen molar-refractivity contribution in [1.82, 2.24) is 8.61 Å². The van der Waals surface area contributed by atoms with Crippen LogP contribution < -0.4 is 5.73 Å². The maximum atomic E-state index is 12.5. The van der Waals surface area contributed by atoms with Crippen LogP contribution >= 0.6 is 12.2 Å². The summed E-state index contributed by atoms with van der Waals surface area (Å²) in [6.07, 6.45) is 2.30. The number of morpholine rings is 1. The third kappa shape index (κ3) is 3.39. The summed E-state index contributed by atoms with van der Waals surface area (Å²) < 4.78 is 33.2. The molecule has 2 rings (SSSR count). The summed E-state index contributed by atoms with van der Waals surface area (Å²) in [5.74, 6) is 0. The maximum Gasteiger partial charge on any atom is 0.282 e. The summed E-state index contributed by atoms with van der Waals surface area (Å²) in [5, 5.41) is 0. The Kier molecular flexibility index (Phi) is 4.54. The Balaban J connectivity index is 2.05. The van der Waals surface area contributed by atoms with E-state index in [2.05, 4.69) is 0 Å². The van der Waals surface area contributed by atoms with Crippen LogP contribution in [0.2, 0.25) is 0 Å². The molecule has 104 valence electrons. The molecule has 18 heavy (non-hydrogen) atoms. The van der Waals surface area contributed by atoms with Crippen LogP contribution in [0.5, 0.6) is 0 Å². The van der Waals surface area contributed by atoms with Gasteiger partial charge >= 0.3 is 0 Å². The first kappa shape index (κ1) is 14.1. The van der Waals surface area contributed by atoms with Crippen molar-refractivity contribution in [2.24, 2.45) is 5.73 Å². The average Bonchev–Trinajstić information content (AvgIpc) is 3.14. The van der Waals surface area contributed by atoms with Gasteiger partial charge in [-0.05, 0) is 12.8 Å². The summed E-state index contributed by atoms with van der Waals surface area (Å²) >= 11 is 4.82. The molecule has 0 spiro atoms. The number of rotatable bonds is 6. The van der Waals surface area contributed by atoms with Gasteiger partial charge in [-0.1, -0.05) is 12.2 Å². The van der Waals surface area contributed by atoms with Gasteiger partial charge in [-0.3, -0.25) is 0 Å². The number of thiocarbonyl (C=S) groups is 1. The Morgan fingerprint density at radius 3 is 2.50 bits per heavy atom. The summed E-state index contributed by atoms with van der Waals surface area (Å²) in [7, 11) is -3.39. The number of nitrogens with two attached hydrogens (primary N) is 1. The van der Waals surface area contributed by atoms with Gasteiger partial charge in [-0.15, -0.1) is 0 Å². The Bertz CT molecular complexity index is 403. The first-order valence-electron chi connectivity index (χ1n) is 6.15. The lowest BCUT2D eigenvalue weighted by molar-refractivity contribution is 0.0700. The van der Waals surface area contributed by atoms with Gasteiger partial charge in [0.1, 0.15) is 0 Å². The molecule has 0 atom stereocenters. The normalized spacial score (nSPS) is 22.3. The largest absolute Gasteiger partial charge is 0.393 e. The van der Waals surface area contributed by atoms with Crippen LogP contribution in [0.4, 0.5) is 0 Å². The topological polar surface area (TPSA) is 75.9 Å². The number of hydrogen-bond acceptors (Lipinski definition) is 4. The number of ether oxygens (including phenoxy) is 1. The second kappa shape index (κ2) is 5.79. The Morgan fingerprint density at radius 1 is 1.39 bits per heavy atom. The van der Waals surface area contributed by atoms with E-state index in [9.17, 15) is 8.42 Å². The van der Waals surface area contributed by atoms with E-state index in [0.717, 1.165) is 12.8 Å². The highest BCUT2D eigenvalue weighted by molar-refractivity contribution is 7.86. The van der Waals surface area contributed by atoms with Crippen LogP contribution in [0.1, 0.15) is 19.3 Å². The van der Waals surface area contributed by atoms with Crippen LogP contribution in [0.15, 0.2) is 0 Å². The van der Waals surface area contributed by atoms with E-state index >= 15 is 0 Å². The van der Waals surface area contributed by atoms with Gasteiger partial charge in [0.05, 0.1) is 18.2 Å². The van der Waals surface area contributed by atoms with Crippen molar-refractivity contribution in [2.75, 3.05) is 32.8 Å². The molecule has 0 radical (unpaired) electrons. The maximum absolute atomic E-state index is 12.5. The summed E-state index contributed by atoms with van der Waals surface area (Å²) in [6.45, 7) is 2.18. The van der Waals surface area contributed by atoms with Crippen molar-refractivity contribution in [2.45, 2.75) is 25.3 Å². The SMILES string of the molecule is NC(=S)CCN(C1CC1)S(=O)(=O)N1CCOCC1. The standard InChI is InChI=1S/C10H19N3O3S2/c11-10(17)3-4-13(9-1-2-9)18(14,15)12-5-7-16-8-6-12/h9H,1-8H2,(H2,11,17). The third-order valence-electron chi connectivity index (χ3n) is 3.13. The van der Waals surface area contributed by atoms with Crippen LogP contribution in [-0.2, 0) is 14.9 Å². The van der Waals surface area contributed by atoms with E-state index in [-0.39, 0.29) is 6.04 Å². The second-order valence-corrected chi connectivity index (χ2v) is 6.98. The molecule has 0 bridgehead atoms. The Hall–Kier alpha value is -0.280. The van der Waals surface area contributed by atoms with E-state index in [1.165, 1.54) is 4.31 Å². The predicted molar refractivity (Wildman–Crippen MR) is 72.4 cm³/mol. The second-order valence-electron chi connectivity index (χ2n) is 4.58. The van der Waals surface area contributed by atoms with Gasteiger partial charge in [0, 0.05) is 32.1 Å². The molecule has 1 aliphatic heterocycles. The molecule has 2 aliphatic rings. The summed E-state index contributed by atoms with van der Waals surface area (Å²) in [6, 6.07) is 0.132. The molecule has 1 heterocycles. The zero-order chi connectivity index (χ0) is 13.2. The molecule has 2 N–H and O–H groups in total. The van der Waals surface area contributed by atoms with Crippen molar-refractivity contribution in [3.05, 3.63) is 0 Å². The molecule has 0 aromatic heterocycles. The molecule has 6 nitrogen and oxygen atoms in total. The first-order valence-corrected chi connectivity index (χ1v) is 7.95. The number of hydrogen-bond donors (Lipinski definition) is 1. The van der Waals surface area contributed by atoms with Crippen molar-refractivity contribution in [3.63, 3.8) is 0 Å². The molecular weight excluding hydrogens is 274 g/mol. The van der Waals surface area contributed by atoms with Gasteiger partial charge in [-0.2, -0.15) is 17.0 Å². The molecule has 0 unspecified atom stereocenters. The minimum Gasteiger partial charge on any atom is -0.393 e. The fourth-order valence-electron chi connectivity index (χ4n) is 1.99. The third-order valence-corrected chi connectivity index (χ3v) is 5.42. The molecule has 1 saturated heterocycles. The van der Waals surface area contributed by atoms with Crippen molar-refractivity contribution < 1.29 is 13.2 Å².